The van der Waals surface area contributed by atoms with Gasteiger partial charge >= 0.3 is 82.6 Å². The molecular weight excluding hydrogens is 734 g/mol. The first-order valence-electron chi connectivity index (χ1n) is 13.7. The van der Waals surface area contributed by atoms with Crippen LogP contribution < -0.4 is 0 Å². The summed E-state index contributed by atoms with van der Waals surface area (Å²) in [6.45, 7) is 18.8. The molecule has 14 nitrogen and oxygen atoms in total. The Bertz CT molecular complexity index is 1010. The zero-order valence-electron chi connectivity index (χ0n) is 25.6. The molecule has 6 heterocycles. The van der Waals surface area contributed by atoms with Crippen molar-refractivity contribution in [3.05, 3.63) is 12.2 Å². The molecule has 0 aromatic carbocycles. The average molecular weight is 777 g/mol. The molecule has 6 aliphatic rings. The second-order valence-electron chi connectivity index (χ2n) is 11.3. The normalized spacial score (nSPS) is 45.8. The zero-order valence-corrected chi connectivity index (χ0v) is 33.6. The van der Waals surface area contributed by atoms with E-state index in [-0.39, 0.29) is 26.5 Å². The van der Waals surface area contributed by atoms with Crippen molar-refractivity contribution in [2.24, 2.45) is 0 Å². The van der Waals surface area contributed by atoms with E-state index >= 15 is 0 Å². The molecule has 6 rings (SSSR count). The SMILES string of the molecule is C.C=C(C)C(=O)OCCC[Si]12O[Si]3(C)O[Si]4(C)O[Si]5(C)O[Si](C)(O3)O[Si](C)(O[Si](C)(O5)O[Si](C)(O4)O1)O2.CCCC(F)(F)F. The van der Waals surface area contributed by atoms with E-state index in [2.05, 4.69) is 6.58 Å². The van der Waals surface area contributed by atoms with Gasteiger partial charge < -0.3 is 54.1 Å². The first-order chi connectivity index (χ1) is 19.4. The summed E-state index contributed by atoms with van der Waals surface area (Å²) in [7, 11) is -28.7. The number of ether oxygens (including phenoxy) is 1. The molecule has 0 amide bonds. The second-order valence-corrected chi connectivity index (χ2v) is 35.1. The van der Waals surface area contributed by atoms with Crippen LogP contribution in [0.4, 0.5) is 13.2 Å². The summed E-state index contributed by atoms with van der Waals surface area (Å²) in [5, 5.41) is 0. The Kier molecular flexibility index (Phi) is 11.1. The minimum Gasteiger partial charge on any atom is -0.462 e. The van der Waals surface area contributed by atoms with Gasteiger partial charge in [-0.1, -0.05) is 20.9 Å². The number of esters is 1. The zero-order chi connectivity index (χ0) is 32.4. The molecule has 256 valence electrons. The molecule has 6 fully saturated rings. The van der Waals surface area contributed by atoms with Crippen LogP contribution in [0.1, 0.15) is 40.5 Å². The Labute approximate surface area is 265 Å². The largest absolute Gasteiger partial charge is 0.478 e. The average Bonchev–Trinajstić information content (AvgIpc) is 2.68. The monoisotopic (exact) mass is 776 g/mol. The summed E-state index contributed by atoms with van der Waals surface area (Å²) in [4.78, 5) is 11.9. The smallest absolute Gasteiger partial charge is 0.462 e. The molecule has 0 aromatic heterocycles. The van der Waals surface area contributed by atoms with E-state index in [9.17, 15) is 18.0 Å². The molecule has 0 radical (unpaired) electrons. The van der Waals surface area contributed by atoms with Crippen LogP contribution >= 0.6 is 0 Å². The summed E-state index contributed by atoms with van der Waals surface area (Å²) in [6.07, 6.45) is -4.07. The van der Waals surface area contributed by atoms with E-state index in [1.807, 2.05) is 0 Å². The summed E-state index contributed by atoms with van der Waals surface area (Å²) >= 11 is 0. The Morgan fingerprint density at radius 1 is 0.659 bits per heavy atom. The van der Waals surface area contributed by atoms with E-state index < -0.39 is 89.0 Å². The van der Waals surface area contributed by atoms with Crippen LogP contribution in [0.2, 0.25) is 51.9 Å². The van der Waals surface area contributed by atoms with Gasteiger partial charge in [-0.05, 0) is 19.8 Å². The summed E-state index contributed by atoms with van der Waals surface area (Å²) in [5.74, 6) is -0.482. The van der Waals surface area contributed by atoms with Crippen LogP contribution in [0.5, 0.6) is 0 Å². The van der Waals surface area contributed by atoms with Crippen molar-refractivity contribution in [1.82, 2.24) is 0 Å². The van der Waals surface area contributed by atoms with Crippen molar-refractivity contribution >= 4 is 76.4 Å². The quantitative estimate of drug-likeness (QED) is 0.160. The van der Waals surface area contributed by atoms with Crippen LogP contribution in [-0.4, -0.2) is 89.2 Å². The maximum Gasteiger partial charge on any atom is 0.478 e. The molecule has 0 N–H and O–H groups in total. The Morgan fingerprint density at radius 3 is 1.18 bits per heavy atom. The molecule has 6 aliphatic heterocycles. The van der Waals surface area contributed by atoms with Gasteiger partial charge in [0.2, 0.25) is 0 Å². The van der Waals surface area contributed by atoms with Gasteiger partial charge in [-0.25, -0.2) is 4.79 Å². The number of carbonyl (C=O) groups excluding carboxylic acids is 1. The molecule has 0 atom stereocenters. The predicted octanol–water partition coefficient (Wildman–Crippen LogP) is 4.67. The topological polar surface area (TPSA) is 137 Å². The lowest BCUT2D eigenvalue weighted by atomic mass is 10.3. The molecule has 0 aliphatic carbocycles. The highest BCUT2D eigenvalue weighted by Gasteiger charge is 2.78. The number of halogens is 3. The van der Waals surface area contributed by atoms with E-state index in [1.54, 1.807) is 52.8 Å². The Morgan fingerprint density at radius 2 is 0.955 bits per heavy atom. The molecule has 25 heteroatoms. The van der Waals surface area contributed by atoms with Gasteiger partial charge in [0.1, 0.15) is 0 Å². The van der Waals surface area contributed by atoms with Crippen molar-refractivity contribution in [2.45, 2.75) is 98.6 Å². The van der Waals surface area contributed by atoms with Gasteiger partial charge in [0.25, 0.3) is 0 Å². The predicted molar refractivity (Wildman–Crippen MR) is 163 cm³/mol. The second kappa shape index (κ2) is 12.6. The molecule has 0 spiro atoms. The van der Waals surface area contributed by atoms with Crippen molar-refractivity contribution in [3.63, 3.8) is 0 Å². The Hall–Kier alpha value is 0.255. The molecule has 0 aromatic rings. The lowest BCUT2D eigenvalue weighted by Gasteiger charge is -2.60. The first-order valence-corrected chi connectivity index (χ1v) is 31.2. The molecule has 0 saturated carbocycles. The third-order valence-electron chi connectivity index (χ3n) is 6.10. The summed E-state index contributed by atoms with van der Waals surface area (Å²) in [6, 6.07) is 0.236. The lowest BCUT2D eigenvalue weighted by molar-refractivity contribution is -0.139. The van der Waals surface area contributed by atoms with Gasteiger partial charge in [-0.15, -0.1) is 0 Å². The van der Waals surface area contributed by atoms with Crippen LogP contribution in [0.15, 0.2) is 12.2 Å². The first kappa shape index (κ1) is 38.7. The maximum atomic E-state index is 11.9. The highest BCUT2D eigenvalue weighted by atomic mass is 28.6. The minimum atomic E-state index is -3.95. The van der Waals surface area contributed by atoms with Crippen LogP contribution in [-0.2, 0) is 58.9 Å². The fourth-order valence-corrected chi connectivity index (χ4v) is 51.2. The molecule has 44 heavy (non-hydrogen) atoms. The van der Waals surface area contributed by atoms with Crippen LogP contribution in [0, 0.1) is 0 Å². The summed E-state index contributed by atoms with van der Waals surface area (Å²) in [5.41, 5.74) is 0.308. The van der Waals surface area contributed by atoms with Gasteiger partial charge in [-0.3, -0.25) is 0 Å². The van der Waals surface area contributed by atoms with Gasteiger partial charge in [0.05, 0.1) is 6.61 Å². The van der Waals surface area contributed by atoms with E-state index in [0.717, 1.165) is 0 Å². The molecule has 0 unspecified atom stereocenters. The van der Waals surface area contributed by atoms with Gasteiger partial charge in [0, 0.05) is 63.9 Å². The highest BCUT2D eigenvalue weighted by Crippen LogP contribution is 2.48. The van der Waals surface area contributed by atoms with E-state index in [1.165, 1.54) is 6.92 Å². The molecular formula is C19H43F3O14Si8. The molecule has 8 bridgehead atoms. The van der Waals surface area contributed by atoms with Crippen LogP contribution in [0.3, 0.4) is 0 Å². The summed E-state index contributed by atoms with van der Waals surface area (Å²) < 4.78 is 117. The number of alkyl halides is 3. The van der Waals surface area contributed by atoms with Crippen LogP contribution in [0.25, 0.3) is 0 Å². The van der Waals surface area contributed by atoms with Crippen molar-refractivity contribution < 1.29 is 72.1 Å². The third-order valence-corrected chi connectivity index (χ3v) is 41.9. The van der Waals surface area contributed by atoms with Crippen molar-refractivity contribution in [2.75, 3.05) is 6.61 Å². The Balaban J connectivity index is 0.000000594. The molecule has 6 saturated heterocycles. The number of carbonyl (C=O) groups is 1. The number of hydrogen-bond acceptors (Lipinski definition) is 14. The minimum absolute atomic E-state index is 0. The van der Waals surface area contributed by atoms with Gasteiger partial charge in [-0.2, -0.15) is 13.2 Å². The standard InChI is InChI=1S/C14H32O14Si8.C4H7F3.CH4/c1-13(2)14(15)16-11-10-12-36-26-33(7)20-30(4)17-29(3)18-31(5,22-33)24-35(9,28-36)25-32(6,19-29)23-34(8,21-30)27-36;1-2-3-4(5,6)7;/h1,10-12H2,2-9H3;2-3H2,1H3;1H4. The van der Waals surface area contributed by atoms with E-state index in [4.69, 9.17) is 54.1 Å². The fraction of sp³-hybridized carbons (Fsp3) is 0.842. The fourth-order valence-electron chi connectivity index (χ4n) is 5.39. The number of hydrogen-bond donors (Lipinski definition) is 0. The number of rotatable bonds is 6. The lowest BCUT2D eigenvalue weighted by Crippen LogP contribution is -2.86. The van der Waals surface area contributed by atoms with Crippen molar-refractivity contribution in [1.29, 1.82) is 0 Å². The third kappa shape index (κ3) is 9.23. The maximum absolute atomic E-state index is 11.9. The van der Waals surface area contributed by atoms with E-state index in [0.29, 0.717) is 12.0 Å². The van der Waals surface area contributed by atoms with Gasteiger partial charge in [0.15, 0.2) is 0 Å². The van der Waals surface area contributed by atoms with Crippen molar-refractivity contribution in [3.8, 4) is 0 Å². The highest BCUT2D eigenvalue weighted by molar-refractivity contribution is 7.02.